The first-order valence-electron chi connectivity index (χ1n) is 10.8. The molecule has 2 rings (SSSR count). The summed E-state index contributed by atoms with van der Waals surface area (Å²) in [6.07, 6.45) is 1.67. The minimum Gasteiger partial charge on any atom is -0.494 e. The molecule has 0 spiro atoms. The highest BCUT2D eigenvalue weighted by molar-refractivity contribution is 5.87. The Labute approximate surface area is 180 Å². The van der Waals surface area contributed by atoms with E-state index in [9.17, 15) is 9.59 Å². The number of carbonyl (C=O) groups excluding carboxylic acids is 2. The van der Waals surface area contributed by atoms with E-state index in [1.807, 2.05) is 60.7 Å². The molecule has 0 bridgehead atoms. The third-order valence-corrected chi connectivity index (χ3v) is 4.88. The third-order valence-electron chi connectivity index (χ3n) is 4.88. The van der Waals surface area contributed by atoms with Crippen molar-refractivity contribution in [2.45, 2.75) is 46.1 Å². The van der Waals surface area contributed by atoms with Gasteiger partial charge in [-0.25, -0.2) is 0 Å². The monoisotopic (exact) mass is 410 g/mol. The average Bonchev–Trinajstić information content (AvgIpc) is 2.76. The second-order valence-corrected chi connectivity index (χ2v) is 7.90. The number of amides is 2. The zero-order valence-corrected chi connectivity index (χ0v) is 18.3. The maximum absolute atomic E-state index is 13.0. The first kappa shape index (κ1) is 23.5. The Kier molecular flexibility index (Phi) is 9.92. The highest BCUT2D eigenvalue weighted by atomic mass is 16.5. The number of rotatable bonds is 12. The van der Waals surface area contributed by atoms with Gasteiger partial charge in [-0.05, 0) is 43.4 Å². The molecule has 5 nitrogen and oxygen atoms in total. The molecule has 0 saturated heterocycles. The van der Waals surface area contributed by atoms with Crippen LogP contribution in [0.1, 0.15) is 39.2 Å². The number of nitrogens with zero attached hydrogens (tertiary/aromatic N) is 1. The second-order valence-electron chi connectivity index (χ2n) is 7.90. The van der Waals surface area contributed by atoms with Gasteiger partial charge in [0, 0.05) is 19.5 Å². The summed E-state index contributed by atoms with van der Waals surface area (Å²) in [6, 6.07) is 19.1. The summed E-state index contributed by atoms with van der Waals surface area (Å²) in [5.74, 6) is 1.04. The van der Waals surface area contributed by atoms with Crippen LogP contribution in [0.3, 0.4) is 0 Å². The Morgan fingerprint density at radius 1 is 0.967 bits per heavy atom. The van der Waals surface area contributed by atoms with Gasteiger partial charge in [-0.3, -0.25) is 9.59 Å². The molecular formula is C25H34N2O3. The van der Waals surface area contributed by atoms with E-state index in [2.05, 4.69) is 19.2 Å². The van der Waals surface area contributed by atoms with Crippen LogP contribution < -0.4 is 10.1 Å². The molecule has 0 radical (unpaired) electrons. The Hall–Kier alpha value is -2.82. The molecule has 0 aliphatic carbocycles. The normalized spacial score (nSPS) is 11.7. The van der Waals surface area contributed by atoms with Crippen LogP contribution in [-0.2, 0) is 16.0 Å². The fourth-order valence-corrected chi connectivity index (χ4v) is 3.10. The molecule has 1 atom stereocenters. The average molecular weight is 411 g/mol. The zero-order chi connectivity index (χ0) is 21.8. The summed E-state index contributed by atoms with van der Waals surface area (Å²) in [7, 11) is 0. The molecular weight excluding hydrogens is 376 g/mol. The second kappa shape index (κ2) is 12.7. The van der Waals surface area contributed by atoms with Crippen molar-refractivity contribution < 1.29 is 14.3 Å². The SMILES string of the molecule is CC(C)CNC(=O)C(C)N(CCc1ccccc1)C(=O)CCCOc1ccccc1. The highest BCUT2D eigenvalue weighted by Crippen LogP contribution is 2.11. The Morgan fingerprint density at radius 3 is 2.23 bits per heavy atom. The lowest BCUT2D eigenvalue weighted by Crippen LogP contribution is -2.49. The molecule has 1 N–H and O–H groups in total. The summed E-state index contributed by atoms with van der Waals surface area (Å²) < 4.78 is 5.69. The van der Waals surface area contributed by atoms with E-state index in [4.69, 9.17) is 4.74 Å². The van der Waals surface area contributed by atoms with Gasteiger partial charge in [0.25, 0.3) is 0 Å². The fourth-order valence-electron chi connectivity index (χ4n) is 3.10. The largest absolute Gasteiger partial charge is 0.494 e. The van der Waals surface area contributed by atoms with Crippen LogP contribution in [0.5, 0.6) is 5.75 Å². The molecule has 0 heterocycles. The van der Waals surface area contributed by atoms with Crippen LogP contribution in [-0.4, -0.2) is 42.5 Å². The molecule has 2 aromatic rings. The molecule has 2 aromatic carbocycles. The lowest BCUT2D eigenvalue weighted by molar-refractivity contribution is -0.140. The molecule has 0 aliphatic rings. The quantitative estimate of drug-likeness (QED) is 0.537. The molecule has 0 aliphatic heterocycles. The van der Waals surface area contributed by atoms with Gasteiger partial charge < -0.3 is 15.0 Å². The van der Waals surface area contributed by atoms with Gasteiger partial charge in [0.05, 0.1) is 6.61 Å². The number of hydrogen-bond acceptors (Lipinski definition) is 3. The maximum atomic E-state index is 13.0. The van der Waals surface area contributed by atoms with E-state index in [0.29, 0.717) is 38.5 Å². The molecule has 0 fully saturated rings. The zero-order valence-electron chi connectivity index (χ0n) is 18.3. The van der Waals surface area contributed by atoms with Crippen molar-refractivity contribution in [1.82, 2.24) is 10.2 Å². The lowest BCUT2D eigenvalue weighted by atomic mass is 10.1. The number of para-hydroxylation sites is 1. The van der Waals surface area contributed by atoms with Gasteiger partial charge in [0.1, 0.15) is 11.8 Å². The van der Waals surface area contributed by atoms with Crippen molar-refractivity contribution in [3.05, 3.63) is 66.2 Å². The van der Waals surface area contributed by atoms with Gasteiger partial charge in [0.15, 0.2) is 0 Å². The van der Waals surface area contributed by atoms with Crippen LogP contribution in [0.25, 0.3) is 0 Å². The molecule has 162 valence electrons. The van der Waals surface area contributed by atoms with Crippen LogP contribution in [0.15, 0.2) is 60.7 Å². The Bertz CT molecular complexity index is 762. The van der Waals surface area contributed by atoms with Crippen molar-refractivity contribution in [2.75, 3.05) is 19.7 Å². The first-order valence-corrected chi connectivity index (χ1v) is 10.8. The minimum absolute atomic E-state index is 0.0187. The van der Waals surface area contributed by atoms with Crippen molar-refractivity contribution in [3.8, 4) is 5.75 Å². The van der Waals surface area contributed by atoms with Crippen LogP contribution in [0.2, 0.25) is 0 Å². The maximum Gasteiger partial charge on any atom is 0.242 e. The van der Waals surface area contributed by atoms with Gasteiger partial charge in [0.2, 0.25) is 11.8 Å². The topological polar surface area (TPSA) is 58.6 Å². The first-order chi connectivity index (χ1) is 14.5. The van der Waals surface area contributed by atoms with E-state index in [-0.39, 0.29) is 11.8 Å². The van der Waals surface area contributed by atoms with E-state index in [1.54, 1.807) is 11.8 Å². The number of benzene rings is 2. The molecule has 0 aromatic heterocycles. The third kappa shape index (κ3) is 8.27. The molecule has 5 heteroatoms. The predicted molar refractivity (Wildman–Crippen MR) is 120 cm³/mol. The highest BCUT2D eigenvalue weighted by Gasteiger charge is 2.25. The van der Waals surface area contributed by atoms with Crippen molar-refractivity contribution in [2.24, 2.45) is 5.92 Å². The van der Waals surface area contributed by atoms with Crippen LogP contribution in [0.4, 0.5) is 0 Å². The van der Waals surface area contributed by atoms with Crippen molar-refractivity contribution in [1.29, 1.82) is 0 Å². The molecule has 30 heavy (non-hydrogen) atoms. The number of hydrogen-bond donors (Lipinski definition) is 1. The van der Waals surface area contributed by atoms with E-state index in [1.165, 1.54) is 0 Å². The van der Waals surface area contributed by atoms with Gasteiger partial charge in [-0.2, -0.15) is 0 Å². The smallest absolute Gasteiger partial charge is 0.242 e. The standard InChI is InChI=1S/C25H34N2O3/c1-20(2)19-26-25(29)21(3)27(17-16-22-11-6-4-7-12-22)24(28)15-10-18-30-23-13-8-5-9-14-23/h4-9,11-14,20-21H,10,15-19H2,1-3H3,(H,26,29). The van der Waals surface area contributed by atoms with Crippen molar-refractivity contribution >= 4 is 11.8 Å². The molecule has 0 saturated carbocycles. The number of carbonyl (C=O) groups is 2. The van der Waals surface area contributed by atoms with Crippen molar-refractivity contribution in [3.63, 3.8) is 0 Å². The Morgan fingerprint density at radius 2 is 1.60 bits per heavy atom. The van der Waals surface area contributed by atoms with E-state index in [0.717, 1.165) is 17.7 Å². The Balaban J connectivity index is 1.92. The molecule has 1 unspecified atom stereocenters. The summed E-state index contributed by atoms with van der Waals surface area (Å²) in [5.41, 5.74) is 1.15. The number of nitrogens with one attached hydrogen (secondary N) is 1. The fraction of sp³-hybridized carbons (Fsp3) is 0.440. The summed E-state index contributed by atoms with van der Waals surface area (Å²) in [4.78, 5) is 27.2. The predicted octanol–water partition coefficient (Wildman–Crippen LogP) is 4.08. The summed E-state index contributed by atoms with van der Waals surface area (Å²) >= 11 is 0. The van der Waals surface area contributed by atoms with Crippen LogP contribution >= 0.6 is 0 Å². The van der Waals surface area contributed by atoms with E-state index < -0.39 is 6.04 Å². The van der Waals surface area contributed by atoms with Gasteiger partial charge >= 0.3 is 0 Å². The van der Waals surface area contributed by atoms with Gasteiger partial charge in [-0.15, -0.1) is 0 Å². The van der Waals surface area contributed by atoms with Gasteiger partial charge in [-0.1, -0.05) is 62.4 Å². The summed E-state index contributed by atoms with van der Waals surface area (Å²) in [5, 5.41) is 2.95. The molecule has 2 amide bonds. The minimum atomic E-state index is -0.505. The lowest BCUT2D eigenvalue weighted by Gasteiger charge is -2.29. The van der Waals surface area contributed by atoms with E-state index >= 15 is 0 Å². The van der Waals surface area contributed by atoms with Crippen LogP contribution in [0, 0.1) is 5.92 Å². The summed E-state index contributed by atoms with van der Waals surface area (Å²) in [6.45, 7) is 7.49. The number of ether oxygens (including phenoxy) is 1.